The topological polar surface area (TPSA) is 96.2 Å². The highest BCUT2D eigenvalue weighted by atomic mass is 16.5. The third kappa shape index (κ3) is 7.34. The molecule has 3 aromatic carbocycles. The van der Waals surface area contributed by atoms with Crippen LogP contribution in [0, 0.1) is 5.92 Å². The Hall–Kier alpha value is -5.09. The first kappa shape index (κ1) is 32.5. The number of piperazine rings is 1. The van der Waals surface area contributed by atoms with E-state index >= 15 is 0 Å². The van der Waals surface area contributed by atoms with E-state index in [0.29, 0.717) is 50.0 Å². The Morgan fingerprint density at radius 2 is 1.49 bits per heavy atom. The van der Waals surface area contributed by atoms with E-state index < -0.39 is 6.09 Å². The van der Waals surface area contributed by atoms with Crippen LogP contribution in [0.4, 0.5) is 10.5 Å². The molecule has 2 aliphatic heterocycles. The Morgan fingerprint density at radius 1 is 0.837 bits per heavy atom. The van der Waals surface area contributed by atoms with Gasteiger partial charge >= 0.3 is 6.09 Å². The van der Waals surface area contributed by atoms with Crippen LogP contribution in [0.3, 0.4) is 0 Å². The molecule has 1 amide bonds. The maximum atomic E-state index is 11.3. The minimum Gasteiger partial charge on any atom is -0.473 e. The molecule has 254 valence electrons. The van der Waals surface area contributed by atoms with Gasteiger partial charge in [0.15, 0.2) is 0 Å². The van der Waals surface area contributed by atoms with Gasteiger partial charge in [0.25, 0.3) is 0 Å². The van der Waals surface area contributed by atoms with Crippen molar-refractivity contribution in [2.45, 2.75) is 39.0 Å². The van der Waals surface area contributed by atoms with Crippen LogP contribution in [0.5, 0.6) is 11.8 Å². The summed E-state index contributed by atoms with van der Waals surface area (Å²) in [5.74, 6) is 1.52. The third-order valence-electron chi connectivity index (χ3n) is 10.1. The van der Waals surface area contributed by atoms with Gasteiger partial charge in [-0.05, 0) is 61.1 Å². The molecule has 0 radical (unpaired) electrons. The summed E-state index contributed by atoms with van der Waals surface area (Å²) in [5, 5.41) is 15.3. The molecular weight excluding hydrogens is 616 g/mol. The minimum atomic E-state index is -0.798. The van der Waals surface area contributed by atoms with Gasteiger partial charge in [0.2, 0.25) is 11.8 Å². The summed E-state index contributed by atoms with van der Waals surface area (Å²) >= 11 is 0. The number of amides is 1. The van der Waals surface area contributed by atoms with Crippen LogP contribution in [0.1, 0.15) is 30.9 Å². The lowest BCUT2D eigenvalue weighted by molar-refractivity contribution is 0.0848. The van der Waals surface area contributed by atoms with Gasteiger partial charge < -0.3 is 24.4 Å². The molecule has 0 bridgehead atoms. The first-order valence-electron chi connectivity index (χ1n) is 17.2. The van der Waals surface area contributed by atoms with Gasteiger partial charge in [-0.15, -0.1) is 0 Å². The number of benzene rings is 3. The monoisotopic (exact) mass is 660 g/mol. The van der Waals surface area contributed by atoms with Gasteiger partial charge in [-0.1, -0.05) is 60.7 Å². The first-order valence-corrected chi connectivity index (χ1v) is 17.2. The minimum absolute atomic E-state index is 0.379. The van der Waals surface area contributed by atoms with E-state index in [0.717, 1.165) is 72.3 Å². The summed E-state index contributed by atoms with van der Waals surface area (Å²) in [6.45, 7) is 8.25. The Labute approximate surface area is 287 Å². The fourth-order valence-electron chi connectivity index (χ4n) is 7.15. The molecule has 0 spiro atoms. The molecule has 1 N–H and O–H groups in total. The predicted octanol–water partition coefficient (Wildman–Crippen LogP) is 6.69. The summed E-state index contributed by atoms with van der Waals surface area (Å²) in [5.41, 5.74) is 6.00. The lowest BCUT2D eigenvalue weighted by atomic mass is 9.89. The number of piperidine rings is 1. The molecule has 2 fully saturated rings. The SMILES string of the molecule is C[C@@H](C1CCN(C(=O)O)CC1)N1CCN(c2ccc3c(-c4ccc(OCc5ccccc5)nc4OCc4ccccc4)nn(C)c3c2)CC1. The maximum absolute atomic E-state index is 11.3. The number of hydrogen-bond donors (Lipinski definition) is 1. The summed E-state index contributed by atoms with van der Waals surface area (Å²) in [7, 11) is 1.99. The van der Waals surface area contributed by atoms with E-state index in [2.05, 4.69) is 34.9 Å². The number of rotatable bonds is 10. The van der Waals surface area contributed by atoms with Crippen molar-refractivity contribution in [1.82, 2.24) is 24.6 Å². The largest absolute Gasteiger partial charge is 0.473 e. The summed E-state index contributed by atoms with van der Waals surface area (Å²) in [4.78, 5) is 22.7. The van der Waals surface area contributed by atoms with Gasteiger partial charge in [-0.25, -0.2) is 4.79 Å². The molecule has 0 saturated carbocycles. The van der Waals surface area contributed by atoms with E-state index in [9.17, 15) is 9.90 Å². The average Bonchev–Trinajstić information content (AvgIpc) is 3.48. The van der Waals surface area contributed by atoms with E-state index in [1.54, 1.807) is 4.90 Å². The van der Waals surface area contributed by atoms with E-state index in [4.69, 9.17) is 19.6 Å². The Kier molecular flexibility index (Phi) is 9.65. The van der Waals surface area contributed by atoms with Crippen molar-refractivity contribution in [1.29, 1.82) is 0 Å². The zero-order valence-electron chi connectivity index (χ0n) is 28.2. The van der Waals surface area contributed by atoms with Crippen molar-refractivity contribution in [3.05, 3.63) is 102 Å². The van der Waals surface area contributed by atoms with Crippen LogP contribution >= 0.6 is 0 Å². The number of likely N-dealkylation sites (tertiary alicyclic amines) is 1. The molecule has 0 aliphatic carbocycles. The van der Waals surface area contributed by atoms with Gasteiger partial charge in [0.05, 0.1) is 11.1 Å². The van der Waals surface area contributed by atoms with Crippen molar-refractivity contribution >= 4 is 22.7 Å². The van der Waals surface area contributed by atoms with E-state index in [1.807, 2.05) is 84.5 Å². The number of aryl methyl sites for hydroxylation is 1. The lowest BCUT2D eigenvalue weighted by Gasteiger charge is -2.43. The van der Waals surface area contributed by atoms with E-state index in [1.165, 1.54) is 5.69 Å². The quantitative estimate of drug-likeness (QED) is 0.177. The Bertz CT molecular complexity index is 1870. The number of carboxylic acid groups (broad SMARTS) is 1. The second kappa shape index (κ2) is 14.6. The predicted molar refractivity (Wildman–Crippen MR) is 191 cm³/mol. The number of pyridine rings is 1. The molecule has 49 heavy (non-hydrogen) atoms. The van der Waals surface area contributed by atoms with Crippen LogP contribution in [-0.2, 0) is 20.3 Å². The second-order valence-electron chi connectivity index (χ2n) is 13.1. The van der Waals surface area contributed by atoms with Gasteiger partial charge in [-0.2, -0.15) is 10.1 Å². The molecule has 1 atom stereocenters. The van der Waals surface area contributed by atoms with Crippen molar-refractivity contribution in [2.75, 3.05) is 44.2 Å². The molecule has 2 aliphatic rings. The zero-order chi connectivity index (χ0) is 33.7. The summed E-state index contributed by atoms with van der Waals surface area (Å²) in [6.07, 6.45) is 1.07. The second-order valence-corrected chi connectivity index (χ2v) is 13.1. The molecule has 10 nitrogen and oxygen atoms in total. The average molecular weight is 661 g/mol. The molecule has 2 aromatic heterocycles. The molecule has 7 rings (SSSR count). The molecular formula is C39H44N6O4. The summed E-state index contributed by atoms with van der Waals surface area (Å²) in [6, 6.07) is 31.1. The number of carbonyl (C=O) groups is 1. The first-order chi connectivity index (χ1) is 23.9. The summed E-state index contributed by atoms with van der Waals surface area (Å²) < 4.78 is 14.4. The van der Waals surface area contributed by atoms with Crippen LogP contribution in [0.25, 0.3) is 22.2 Å². The van der Waals surface area contributed by atoms with Crippen molar-refractivity contribution in [3.8, 4) is 23.0 Å². The fraction of sp³-hybridized carbons (Fsp3) is 0.359. The highest BCUT2D eigenvalue weighted by molar-refractivity contribution is 5.96. The van der Waals surface area contributed by atoms with Crippen LogP contribution in [0.15, 0.2) is 91.0 Å². The van der Waals surface area contributed by atoms with Crippen molar-refractivity contribution < 1.29 is 19.4 Å². The van der Waals surface area contributed by atoms with Crippen molar-refractivity contribution in [2.24, 2.45) is 13.0 Å². The number of anilines is 1. The normalized spacial score (nSPS) is 16.5. The smallest absolute Gasteiger partial charge is 0.407 e. The van der Waals surface area contributed by atoms with Crippen LogP contribution < -0.4 is 14.4 Å². The van der Waals surface area contributed by atoms with E-state index in [-0.39, 0.29) is 0 Å². The Morgan fingerprint density at radius 3 is 2.14 bits per heavy atom. The highest BCUT2D eigenvalue weighted by Gasteiger charge is 2.31. The highest BCUT2D eigenvalue weighted by Crippen LogP contribution is 2.37. The van der Waals surface area contributed by atoms with Gasteiger partial charge in [-0.3, -0.25) is 9.58 Å². The Balaban J connectivity index is 1.07. The standard InChI is InChI=1S/C39H44N6O4/c1-28(31-17-19-45(20-18-31)39(46)47)43-21-23-44(24-22-43)32-13-14-33-35(25-32)42(2)41-37(33)34-15-16-36(48-26-29-9-5-3-6-10-29)40-38(34)49-27-30-11-7-4-8-12-30/h3-16,25,28,31H,17-24,26-27H2,1-2H3,(H,46,47)/t28-/m0/s1. The number of hydrogen-bond acceptors (Lipinski definition) is 7. The molecule has 0 unspecified atom stereocenters. The number of nitrogens with zero attached hydrogens (tertiary/aromatic N) is 6. The molecule has 2 saturated heterocycles. The number of fused-ring (bicyclic) bond motifs is 1. The molecule has 5 aromatic rings. The van der Waals surface area contributed by atoms with Crippen LogP contribution in [0.2, 0.25) is 0 Å². The number of ether oxygens (including phenoxy) is 2. The zero-order valence-corrected chi connectivity index (χ0v) is 28.2. The molecule has 10 heteroatoms. The third-order valence-corrected chi connectivity index (χ3v) is 10.1. The maximum Gasteiger partial charge on any atom is 0.407 e. The van der Waals surface area contributed by atoms with Crippen LogP contribution in [-0.4, -0.2) is 81.1 Å². The van der Waals surface area contributed by atoms with Crippen molar-refractivity contribution in [3.63, 3.8) is 0 Å². The number of aromatic nitrogens is 3. The lowest BCUT2D eigenvalue weighted by Crippen LogP contribution is -2.53. The molecule has 4 heterocycles. The van der Waals surface area contributed by atoms with Gasteiger partial charge in [0.1, 0.15) is 18.9 Å². The van der Waals surface area contributed by atoms with Gasteiger partial charge in [0, 0.05) is 69.5 Å². The fourth-order valence-corrected chi connectivity index (χ4v) is 7.15.